The van der Waals surface area contributed by atoms with E-state index in [1.807, 2.05) is 19.1 Å². The van der Waals surface area contributed by atoms with Gasteiger partial charge in [0, 0.05) is 17.1 Å². The highest BCUT2D eigenvalue weighted by Gasteiger charge is 2.32. The molecule has 1 atom stereocenters. The zero-order valence-electron chi connectivity index (χ0n) is 21.7. The quantitative estimate of drug-likeness (QED) is 0.414. The first-order valence-corrected chi connectivity index (χ1v) is 15.2. The van der Waals surface area contributed by atoms with Crippen LogP contribution in [0.1, 0.15) is 51.0 Å². The van der Waals surface area contributed by atoms with Gasteiger partial charge in [0.15, 0.2) is 0 Å². The number of methoxy groups -OCH3 is 1. The van der Waals surface area contributed by atoms with E-state index in [-0.39, 0.29) is 18.5 Å². The van der Waals surface area contributed by atoms with Gasteiger partial charge in [-0.05, 0) is 61.2 Å². The van der Waals surface area contributed by atoms with Crippen LogP contribution in [-0.4, -0.2) is 57.1 Å². The molecule has 1 fully saturated rings. The van der Waals surface area contributed by atoms with Crippen molar-refractivity contribution in [1.82, 2.24) is 10.2 Å². The summed E-state index contributed by atoms with van der Waals surface area (Å²) in [4.78, 5) is 28.7. The van der Waals surface area contributed by atoms with Crippen LogP contribution in [-0.2, 0) is 26.2 Å². The molecule has 1 aliphatic carbocycles. The summed E-state index contributed by atoms with van der Waals surface area (Å²) < 4.78 is 32.5. The summed E-state index contributed by atoms with van der Waals surface area (Å²) in [6.45, 7) is 1.61. The van der Waals surface area contributed by atoms with Crippen molar-refractivity contribution in [2.24, 2.45) is 0 Å². The Balaban J connectivity index is 1.90. The molecule has 3 rings (SSSR count). The molecule has 0 bridgehead atoms. The smallest absolute Gasteiger partial charge is 0.244 e. The summed E-state index contributed by atoms with van der Waals surface area (Å²) in [6.07, 6.45) is 6.66. The van der Waals surface area contributed by atoms with Crippen molar-refractivity contribution in [1.29, 1.82) is 0 Å². The van der Waals surface area contributed by atoms with Crippen LogP contribution >= 0.6 is 15.9 Å². The highest BCUT2D eigenvalue weighted by atomic mass is 79.9. The number of sulfonamides is 1. The molecule has 2 amide bonds. The molecular weight excluding hydrogens is 558 g/mol. The molecule has 0 saturated heterocycles. The van der Waals surface area contributed by atoms with Crippen LogP contribution < -0.4 is 14.4 Å². The number of benzene rings is 2. The molecule has 8 nitrogen and oxygen atoms in total. The van der Waals surface area contributed by atoms with Gasteiger partial charge in [0.05, 0.1) is 19.1 Å². The van der Waals surface area contributed by atoms with Crippen molar-refractivity contribution in [3.63, 3.8) is 0 Å². The molecule has 0 spiro atoms. The van der Waals surface area contributed by atoms with Crippen LogP contribution in [0.5, 0.6) is 5.75 Å². The van der Waals surface area contributed by atoms with Crippen molar-refractivity contribution in [2.75, 3.05) is 24.2 Å². The van der Waals surface area contributed by atoms with Gasteiger partial charge >= 0.3 is 0 Å². The first kappa shape index (κ1) is 29.0. The maximum absolute atomic E-state index is 13.8. The first-order valence-electron chi connectivity index (χ1n) is 12.6. The number of rotatable bonds is 11. The standard InChI is InChI=1S/C27H36BrN3O5S/c1-4-25(27(33)29-22-8-6-5-7-9-22)30(18-20-10-16-24(36-2)17-11-20)26(32)19-31(37(3,34)35)23-14-12-21(28)13-15-23/h10-17,22,25H,4-9,18-19H2,1-3H3,(H,29,33). The van der Waals surface area contributed by atoms with Crippen LogP contribution in [0.15, 0.2) is 53.0 Å². The lowest BCUT2D eigenvalue weighted by Crippen LogP contribution is -2.53. The second kappa shape index (κ2) is 13.3. The number of nitrogens with zero attached hydrogens (tertiary/aromatic N) is 2. The zero-order valence-corrected chi connectivity index (χ0v) is 24.1. The van der Waals surface area contributed by atoms with Gasteiger partial charge in [0.2, 0.25) is 21.8 Å². The van der Waals surface area contributed by atoms with Gasteiger partial charge in [-0.25, -0.2) is 8.42 Å². The molecule has 1 saturated carbocycles. The predicted octanol–water partition coefficient (Wildman–Crippen LogP) is 4.48. The Morgan fingerprint density at radius 3 is 2.22 bits per heavy atom. The van der Waals surface area contributed by atoms with Crippen LogP contribution in [0.25, 0.3) is 0 Å². The third-order valence-corrected chi connectivity index (χ3v) is 8.31. The normalized spacial score (nSPS) is 15.0. The van der Waals surface area contributed by atoms with E-state index in [1.54, 1.807) is 43.5 Å². The molecular formula is C27H36BrN3O5S. The minimum absolute atomic E-state index is 0.100. The largest absolute Gasteiger partial charge is 0.497 e. The molecule has 10 heteroatoms. The molecule has 0 aromatic heterocycles. The second-order valence-electron chi connectivity index (χ2n) is 9.38. The number of carbonyl (C=O) groups is 2. The van der Waals surface area contributed by atoms with E-state index in [4.69, 9.17) is 4.74 Å². The highest BCUT2D eigenvalue weighted by molar-refractivity contribution is 9.10. The van der Waals surface area contributed by atoms with Crippen LogP contribution in [0.3, 0.4) is 0 Å². The van der Waals surface area contributed by atoms with Crippen LogP contribution in [0.4, 0.5) is 5.69 Å². The average molecular weight is 595 g/mol. The highest BCUT2D eigenvalue weighted by Crippen LogP contribution is 2.23. The number of hydrogen-bond acceptors (Lipinski definition) is 5. The number of amides is 2. The Kier molecular flexibility index (Phi) is 10.4. The van der Waals surface area contributed by atoms with Crippen molar-refractivity contribution >= 4 is 43.5 Å². The number of carbonyl (C=O) groups excluding carboxylic acids is 2. The number of ether oxygens (including phenoxy) is 1. The monoisotopic (exact) mass is 593 g/mol. The molecule has 1 N–H and O–H groups in total. The van der Waals surface area contributed by atoms with Crippen molar-refractivity contribution in [3.05, 3.63) is 58.6 Å². The fourth-order valence-electron chi connectivity index (χ4n) is 4.61. The van der Waals surface area contributed by atoms with E-state index < -0.39 is 28.5 Å². The first-order chi connectivity index (χ1) is 17.6. The summed E-state index contributed by atoms with van der Waals surface area (Å²) in [6, 6.07) is 13.4. The van der Waals surface area contributed by atoms with Gasteiger partial charge in [0.1, 0.15) is 18.3 Å². The third-order valence-electron chi connectivity index (χ3n) is 6.64. The number of halogens is 1. The van der Waals surface area contributed by atoms with Crippen molar-refractivity contribution < 1.29 is 22.7 Å². The molecule has 1 unspecified atom stereocenters. The molecule has 2 aromatic rings. The average Bonchev–Trinajstić information content (AvgIpc) is 2.88. The maximum Gasteiger partial charge on any atom is 0.244 e. The summed E-state index contributed by atoms with van der Waals surface area (Å²) in [7, 11) is -2.18. The lowest BCUT2D eigenvalue weighted by molar-refractivity contribution is -0.140. The lowest BCUT2D eigenvalue weighted by atomic mass is 9.95. The fraction of sp³-hybridized carbons (Fsp3) is 0.481. The maximum atomic E-state index is 13.8. The van der Waals surface area contributed by atoms with E-state index >= 15 is 0 Å². The SMILES string of the molecule is CCC(C(=O)NC1CCCCC1)N(Cc1ccc(OC)cc1)C(=O)CN(c1ccc(Br)cc1)S(C)(=O)=O. The summed E-state index contributed by atoms with van der Waals surface area (Å²) >= 11 is 3.35. The Morgan fingerprint density at radius 1 is 1.05 bits per heavy atom. The zero-order chi connectivity index (χ0) is 27.0. The minimum atomic E-state index is -3.76. The van der Waals surface area contributed by atoms with E-state index in [0.29, 0.717) is 17.9 Å². The van der Waals surface area contributed by atoms with Gasteiger partial charge < -0.3 is 15.0 Å². The Morgan fingerprint density at radius 2 is 1.68 bits per heavy atom. The molecule has 1 aliphatic rings. The van der Waals surface area contributed by atoms with Gasteiger partial charge in [0.25, 0.3) is 0 Å². The second-order valence-corrected chi connectivity index (χ2v) is 12.2. The van der Waals surface area contributed by atoms with Gasteiger partial charge in [-0.3, -0.25) is 13.9 Å². The molecule has 37 heavy (non-hydrogen) atoms. The van der Waals surface area contributed by atoms with E-state index in [0.717, 1.165) is 46.3 Å². The Hall–Kier alpha value is -2.59. The number of nitrogens with one attached hydrogen (secondary N) is 1. The van der Waals surface area contributed by atoms with Gasteiger partial charge in [-0.1, -0.05) is 54.2 Å². The number of anilines is 1. The Bertz CT molecular complexity index is 1150. The molecule has 202 valence electrons. The van der Waals surface area contributed by atoms with Crippen LogP contribution in [0, 0.1) is 0 Å². The predicted molar refractivity (Wildman–Crippen MR) is 149 cm³/mol. The fourth-order valence-corrected chi connectivity index (χ4v) is 5.73. The van der Waals surface area contributed by atoms with Gasteiger partial charge in [-0.2, -0.15) is 0 Å². The third kappa shape index (κ3) is 8.20. The van der Waals surface area contributed by atoms with E-state index in [1.165, 1.54) is 11.3 Å². The molecule has 0 aliphatic heterocycles. The summed E-state index contributed by atoms with van der Waals surface area (Å²) in [5.74, 6) is 0.0304. The summed E-state index contributed by atoms with van der Waals surface area (Å²) in [5.41, 5.74) is 1.19. The van der Waals surface area contributed by atoms with Crippen LogP contribution in [0.2, 0.25) is 0 Å². The van der Waals surface area contributed by atoms with Crippen molar-refractivity contribution in [2.45, 2.75) is 64.1 Å². The Labute approximate surface area is 228 Å². The number of hydrogen-bond donors (Lipinski definition) is 1. The molecule has 0 radical (unpaired) electrons. The van der Waals surface area contributed by atoms with E-state index in [2.05, 4.69) is 21.2 Å². The van der Waals surface area contributed by atoms with E-state index in [9.17, 15) is 18.0 Å². The molecule has 2 aromatic carbocycles. The van der Waals surface area contributed by atoms with Gasteiger partial charge in [-0.15, -0.1) is 0 Å². The molecule has 0 heterocycles. The summed E-state index contributed by atoms with van der Waals surface area (Å²) in [5, 5.41) is 3.14. The topological polar surface area (TPSA) is 96.0 Å². The lowest BCUT2D eigenvalue weighted by Gasteiger charge is -2.34. The van der Waals surface area contributed by atoms with Crippen molar-refractivity contribution in [3.8, 4) is 5.75 Å². The minimum Gasteiger partial charge on any atom is -0.497 e.